The van der Waals surface area contributed by atoms with Crippen molar-refractivity contribution < 1.29 is 18.4 Å². The highest BCUT2D eigenvalue weighted by molar-refractivity contribution is 8.01. The normalized spacial score (nSPS) is 21.9. The maximum atomic E-state index is 13.7. The second-order valence-electron chi connectivity index (χ2n) is 7.45. The Labute approximate surface area is 177 Å². The van der Waals surface area contributed by atoms with Gasteiger partial charge in [0.1, 0.15) is 0 Å². The number of amides is 2. The topological polar surface area (TPSA) is 67.9 Å². The zero-order valence-electron chi connectivity index (χ0n) is 17.3. The molecule has 1 aliphatic rings. The number of nitrogens with zero attached hydrogens (tertiary/aromatic N) is 1. The lowest BCUT2D eigenvalue weighted by Gasteiger charge is -2.37. The van der Waals surface area contributed by atoms with Crippen molar-refractivity contribution >= 4 is 42.7 Å². The predicted molar refractivity (Wildman–Crippen MR) is 117 cm³/mol. The largest absolute Gasteiger partial charge is 0.354 e. The van der Waals surface area contributed by atoms with Gasteiger partial charge in [-0.1, -0.05) is 31.5 Å². The Balaban J connectivity index is 2.46. The summed E-state index contributed by atoms with van der Waals surface area (Å²) in [6.45, 7) is 12.1. The number of benzene rings is 1. The van der Waals surface area contributed by atoms with Crippen molar-refractivity contribution in [3.8, 4) is 0 Å². The highest BCUT2D eigenvalue weighted by atomic mass is 35.5. The molecule has 1 saturated heterocycles. The van der Waals surface area contributed by atoms with E-state index in [9.17, 15) is 9.36 Å². The predicted octanol–water partition coefficient (Wildman–Crippen LogP) is 6.27. The number of urea groups is 1. The smallest absolute Gasteiger partial charge is 0.308 e. The molecule has 1 N–H and O–H groups in total. The van der Waals surface area contributed by atoms with E-state index >= 15 is 0 Å². The van der Waals surface area contributed by atoms with E-state index in [0.29, 0.717) is 10.7 Å². The van der Waals surface area contributed by atoms with Crippen molar-refractivity contribution in [1.29, 1.82) is 0 Å². The minimum Gasteiger partial charge on any atom is -0.308 e. The van der Waals surface area contributed by atoms with E-state index in [2.05, 4.69) is 5.32 Å². The molecule has 0 aliphatic carbocycles. The maximum Gasteiger partial charge on any atom is 0.354 e. The first-order valence-electron chi connectivity index (χ1n) is 9.47. The maximum absolute atomic E-state index is 13.7. The summed E-state index contributed by atoms with van der Waals surface area (Å²) in [4.78, 5) is 15.0. The fourth-order valence-electron chi connectivity index (χ4n) is 3.41. The molecular weight excluding hydrogens is 419 g/mol. The van der Waals surface area contributed by atoms with Crippen LogP contribution >= 0.6 is 31.0 Å². The first kappa shape index (κ1) is 23.6. The van der Waals surface area contributed by atoms with Gasteiger partial charge in [-0.25, -0.2) is 4.79 Å². The Hall–Kier alpha value is -0.720. The molecule has 1 heterocycles. The van der Waals surface area contributed by atoms with Gasteiger partial charge in [0.2, 0.25) is 0 Å². The van der Waals surface area contributed by atoms with E-state index in [1.165, 1.54) is 0 Å². The van der Waals surface area contributed by atoms with E-state index < -0.39 is 18.1 Å². The monoisotopic (exact) mass is 448 g/mol. The van der Waals surface area contributed by atoms with Crippen LogP contribution in [-0.4, -0.2) is 40.0 Å². The second kappa shape index (κ2) is 9.40. The van der Waals surface area contributed by atoms with Crippen LogP contribution in [0, 0.1) is 5.92 Å². The molecular formula is C19H30ClN2O4PS. The van der Waals surface area contributed by atoms with E-state index in [1.807, 2.05) is 27.7 Å². The lowest BCUT2D eigenvalue weighted by molar-refractivity contribution is 0.153. The molecule has 1 fully saturated rings. The molecule has 2 rings (SSSR count). The third kappa shape index (κ3) is 5.06. The molecule has 0 spiro atoms. The minimum absolute atomic E-state index is 0.149. The van der Waals surface area contributed by atoms with Gasteiger partial charge in [0.05, 0.1) is 18.6 Å². The number of carbonyl (C=O) groups is 1. The summed E-state index contributed by atoms with van der Waals surface area (Å²) in [5.41, 5.74) is 0.580. The van der Waals surface area contributed by atoms with Crippen molar-refractivity contribution in [2.45, 2.75) is 57.4 Å². The number of hydrogen-bond donors (Lipinski definition) is 1. The average molecular weight is 449 g/mol. The Morgan fingerprint density at radius 2 is 1.93 bits per heavy atom. The van der Waals surface area contributed by atoms with Crippen molar-refractivity contribution in [3.05, 3.63) is 29.3 Å². The van der Waals surface area contributed by atoms with Crippen LogP contribution in [0.1, 0.15) is 41.5 Å². The third-order valence-electron chi connectivity index (χ3n) is 4.38. The lowest BCUT2D eigenvalue weighted by atomic mass is 10.1. The van der Waals surface area contributed by atoms with Crippen LogP contribution in [0.3, 0.4) is 0 Å². The highest BCUT2D eigenvalue weighted by Crippen LogP contribution is 2.65. The van der Waals surface area contributed by atoms with Gasteiger partial charge >= 0.3 is 13.6 Å². The molecule has 28 heavy (non-hydrogen) atoms. The number of halogens is 1. The quantitative estimate of drug-likeness (QED) is 0.497. The van der Waals surface area contributed by atoms with Crippen LogP contribution in [0.15, 0.2) is 24.3 Å². The zero-order valence-corrected chi connectivity index (χ0v) is 19.7. The van der Waals surface area contributed by atoms with Crippen molar-refractivity contribution in [3.63, 3.8) is 0 Å². The Morgan fingerprint density at radius 3 is 2.43 bits per heavy atom. The molecule has 158 valence electrons. The van der Waals surface area contributed by atoms with Gasteiger partial charge in [0.15, 0.2) is 5.78 Å². The van der Waals surface area contributed by atoms with Crippen molar-refractivity contribution in [2.24, 2.45) is 5.92 Å². The first-order valence-corrected chi connectivity index (χ1v) is 12.3. The second-order valence-corrected chi connectivity index (χ2v) is 11.7. The van der Waals surface area contributed by atoms with E-state index in [4.69, 9.17) is 20.6 Å². The molecule has 2 atom stereocenters. The summed E-state index contributed by atoms with van der Waals surface area (Å²) in [7, 11) is -3.57. The van der Waals surface area contributed by atoms with Crippen molar-refractivity contribution in [2.75, 3.05) is 18.5 Å². The molecule has 9 heteroatoms. The molecule has 1 aromatic carbocycles. The summed E-state index contributed by atoms with van der Waals surface area (Å²) in [6.07, 6.45) is 0. The third-order valence-corrected chi connectivity index (χ3v) is 9.37. The van der Waals surface area contributed by atoms with Gasteiger partial charge in [0, 0.05) is 15.5 Å². The van der Waals surface area contributed by atoms with Gasteiger partial charge in [0.25, 0.3) is 0 Å². The Kier molecular flexibility index (Phi) is 7.90. The fourth-order valence-corrected chi connectivity index (χ4v) is 8.12. The summed E-state index contributed by atoms with van der Waals surface area (Å²) in [6, 6.07) is 6.61. The zero-order chi connectivity index (χ0) is 21.1. The summed E-state index contributed by atoms with van der Waals surface area (Å²) < 4.78 is 24.5. The van der Waals surface area contributed by atoms with E-state index in [0.717, 1.165) is 0 Å². The van der Waals surface area contributed by atoms with Gasteiger partial charge in [-0.2, -0.15) is 0 Å². The molecule has 0 radical (unpaired) electrons. The first-order chi connectivity index (χ1) is 13.1. The summed E-state index contributed by atoms with van der Waals surface area (Å²) in [5.74, 6) is -0.562. The average Bonchev–Trinajstić information content (AvgIpc) is 2.87. The van der Waals surface area contributed by atoms with Crippen molar-refractivity contribution in [1.82, 2.24) is 4.90 Å². The summed E-state index contributed by atoms with van der Waals surface area (Å²) >= 11 is 7.66. The van der Waals surface area contributed by atoms with Crippen LogP contribution in [0.25, 0.3) is 0 Å². The number of nitrogens with one attached hydrogen (secondary N) is 1. The van der Waals surface area contributed by atoms with Gasteiger partial charge in [-0.3, -0.25) is 9.46 Å². The number of hydrogen-bond acceptors (Lipinski definition) is 5. The molecule has 2 unspecified atom stereocenters. The molecule has 1 aromatic rings. The summed E-state index contributed by atoms with van der Waals surface area (Å²) in [5, 5.41) is 3.25. The molecule has 0 aromatic heterocycles. The van der Waals surface area contributed by atoms with Crippen LogP contribution in [0.4, 0.5) is 10.5 Å². The van der Waals surface area contributed by atoms with Crippen LogP contribution in [-0.2, 0) is 13.6 Å². The minimum atomic E-state index is -3.57. The number of anilines is 1. The fraction of sp³-hybridized carbons (Fsp3) is 0.632. The number of carbonyl (C=O) groups excluding carboxylic acids is 1. The molecule has 0 saturated carbocycles. The molecule has 2 amide bonds. The molecule has 6 nitrogen and oxygen atoms in total. The number of rotatable bonds is 7. The standard InChI is InChI=1S/C19H30ClN2O4PS/c1-7-25-27(24,26-8-2)17-19(5,6)28-16(13(3)4)22(17)18(23)21-15-11-9-10-14(20)12-15/h9-13,16-17H,7-8H2,1-6H3,(H,21,23). The van der Waals surface area contributed by atoms with Gasteiger partial charge in [-0.05, 0) is 51.8 Å². The Morgan fingerprint density at radius 1 is 1.32 bits per heavy atom. The highest BCUT2D eigenvalue weighted by Gasteiger charge is 2.59. The van der Waals surface area contributed by atoms with Crippen LogP contribution in [0.5, 0.6) is 0 Å². The van der Waals surface area contributed by atoms with Crippen LogP contribution in [0.2, 0.25) is 5.02 Å². The molecule has 0 bridgehead atoms. The lowest BCUT2D eigenvalue weighted by Crippen LogP contribution is -2.49. The van der Waals surface area contributed by atoms with E-state index in [1.54, 1.807) is 54.8 Å². The number of thioether (sulfide) groups is 1. The van der Waals surface area contributed by atoms with Gasteiger partial charge < -0.3 is 14.4 Å². The van der Waals surface area contributed by atoms with E-state index in [-0.39, 0.29) is 30.5 Å². The van der Waals surface area contributed by atoms with Crippen LogP contribution < -0.4 is 5.32 Å². The SMILES string of the molecule is CCOP(=O)(OCC)C1N(C(=O)Nc2cccc(Cl)c2)C(C(C)C)SC1(C)C. The molecule has 1 aliphatic heterocycles. The van der Waals surface area contributed by atoms with Gasteiger partial charge in [-0.15, -0.1) is 11.8 Å². The Bertz CT molecular complexity index is 736.